The van der Waals surface area contributed by atoms with Gasteiger partial charge >= 0.3 is 0 Å². The van der Waals surface area contributed by atoms with Crippen LogP contribution in [0.15, 0.2) is 18.7 Å². The molecule has 0 atom stereocenters. The summed E-state index contributed by atoms with van der Waals surface area (Å²) in [4.78, 5) is 6.59. The first-order chi connectivity index (χ1) is 7.70. The van der Waals surface area contributed by atoms with Crippen molar-refractivity contribution in [3.63, 3.8) is 0 Å². The van der Waals surface area contributed by atoms with Crippen LogP contribution >= 0.6 is 22.9 Å². The smallest absolute Gasteiger partial charge is 0.182 e. The second-order valence-corrected chi connectivity index (χ2v) is 5.35. The summed E-state index contributed by atoms with van der Waals surface area (Å²) in [5.41, 5.74) is 7.66. The van der Waals surface area contributed by atoms with Crippen molar-refractivity contribution in [2.45, 2.75) is 6.42 Å². The molecule has 1 aromatic rings. The predicted molar refractivity (Wildman–Crippen MR) is 70.8 cm³/mol. The molecule has 16 heavy (non-hydrogen) atoms. The fourth-order valence-electron chi connectivity index (χ4n) is 1.83. The maximum atomic E-state index is 6.10. The summed E-state index contributed by atoms with van der Waals surface area (Å²) in [5, 5.41) is 0.529. The number of aromatic nitrogens is 1. The van der Waals surface area contributed by atoms with Crippen LogP contribution in [-0.4, -0.2) is 29.5 Å². The normalized spacial score (nSPS) is 17.2. The molecule has 0 saturated carbocycles. The maximum Gasteiger partial charge on any atom is 0.182 e. The molecule has 0 bridgehead atoms. The first kappa shape index (κ1) is 11.6. The number of hydrogen-bond donors (Lipinski definition) is 1. The van der Waals surface area contributed by atoms with Gasteiger partial charge in [0.25, 0.3) is 0 Å². The zero-order valence-electron chi connectivity index (χ0n) is 8.95. The Bertz CT molecular complexity index is 425. The van der Waals surface area contributed by atoms with Gasteiger partial charge in [0.05, 0.1) is 5.69 Å². The number of thiazole rings is 1. The van der Waals surface area contributed by atoms with E-state index in [1.807, 2.05) is 6.08 Å². The first-order valence-electron chi connectivity index (χ1n) is 5.15. The summed E-state index contributed by atoms with van der Waals surface area (Å²) in [6.45, 7) is 6.58. The van der Waals surface area contributed by atoms with E-state index in [0.29, 0.717) is 9.47 Å². The molecule has 0 saturated heterocycles. The lowest BCUT2D eigenvalue weighted by atomic mass is 10.1. The number of nitrogens with two attached hydrogens (primary N) is 1. The van der Waals surface area contributed by atoms with Crippen LogP contribution in [0, 0.1) is 0 Å². The molecule has 0 fully saturated rings. The molecule has 2 heterocycles. The van der Waals surface area contributed by atoms with E-state index in [9.17, 15) is 0 Å². The molecule has 0 amide bonds. The van der Waals surface area contributed by atoms with E-state index in [-0.39, 0.29) is 0 Å². The van der Waals surface area contributed by atoms with Gasteiger partial charge in [0.1, 0.15) is 4.34 Å². The van der Waals surface area contributed by atoms with Gasteiger partial charge in [0, 0.05) is 19.6 Å². The number of rotatable bonds is 3. The summed E-state index contributed by atoms with van der Waals surface area (Å²) >= 11 is 7.43. The number of nitrogens with zero attached hydrogens (tertiary/aromatic N) is 2. The predicted octanol–water partition coefficient (Wildman–Crippen LogP) is 2.65. The molecule has 3 nitrogen and oxygen atoms in total. The van der Waals surface area contributed by atoms with Crippen molar-refractivity contribution in [1.29, 1.82) is 0 Å². The molecule has 86 valence electrons. The van der Waals surface area contributed by atoms with Crippen LogP contribution in [0.4, 0.5) is 5.13 Å². The molecule has 0 unspecified atom stereocenters. The highest BCUT2D eigenvalue weighted by atomic mass is 35.5. The SMILES string of the molecule is C=CCN1CCC=C(c2nc(N)sc2Cl)C1. The summed E-state index contributed by atoms with van der Waals surface area (Å²) in [6.07, 6.45) is 5.14. The minimum atomic E-state index is 0.529. The molecule has 5 heteroatoms. The van der Waals surface area contributed by atoms with Crippen LogP contribution in [-0.2, 0) is 0 Å². The van der Waals surface area contributed by atoms with Gasteiger partial charge in [-0.2, -0.15) is 0 Å². The lowest BCUT2D eigenvalue weighted by molar-refractivity contribution is 0.337. The molecule has 0 aliphatic carbocycles. The number of anilines is 1. The number of hydrogen-bond acceptors (Lipinski definition) is 4. The van der Waals surface area contributed by atoms with Crippen LogP contribution < -0.4 is 5.73 Å². The van der Waals surface area contributed by atoms with Gasteiger partial charge in [-0.1, -0.05) is 35.1 Å². The van der Waals surface area contributed by atoms with Crippen molar-refractivity contribution < 1.29 is 0 Å². The third kappa shape index (κ3) is 2.45. The third-order valence-corrected chi connectivity index (χ3v) is 3.61. The highest BCUT2D eigenvalue weighted by molar-refractivity contribution is 7.19. The topological polar surface area (TPSA) is 42.2 Å². The van der Waals surface area contributed by atoms with E-state index in [1.54, 1.807) is 0 Å². The Hall–Kier alpha value is -0.840. The number of nitrogen functional groups attached to an aromatic ring is 1. The summed E-state index contributed by atoms with van der Waals surface area (Å²) in [6, 6.07) is 0. The molecule has 0 aromatic carbocycles. The van der Waals surface area contributed by atoms with Crippen molar-refractivity contribution >= 4 is 33.6 Å². The molecule has 1 aliphatic heterocycles. The first-order valence-corrected chi connectivity index (χ1v) is 6.34. The fraction of sp³-hybridized carbons (Fsp3) is 0.364. The van der Waals surface area contributed by atoms with Crippen molar-refractivity contribution in [3.8, 4) is 0 Å². The van der Waals surface area contributed by atoms with E-state index >= 15 is 0 Å². The van der Waals surface area contributed by atoms with Crippen LogP contribution in [0.3, 0.4) is 0 Å². The molecule has 0 radical (unpaired) electrons. The Labute approximate surface area is 104 Å². The summed E-state index contributed by atoms with van der Waals surface area (Å²) in [7, 11) is 0. The fourth-order valence-corrected chi connectivity index (χ4v) is 2.83. The summed E-state index contributed by atoms with van der Waals surface area (Å²) < 4.78 is 0.684. The third-order valence-electron chi connectivity index (χ3n) is 2.52. The minimum absolute atomic E-state index is 0.529. The van der Waals surface area contributed by atoms with Gasteiger partial charge in [-0.05, 0) is 12.0 Å². The van der Waals surface area contributed by atoms with Crippen molar-refractivity contribution in [2.24, 2.45) is 0 Å². The van der Waals surface area contributed by atoms with Crippen LogP contribution in [0.25, 0.3) is 5.57 Å². The quantitative estimate of drug-likeness (QED) is 0.845. The van der Waals surface area contributed by atoms with Gasteiger partial charge in [-0.3, -0.25) is 4.90 Å². The maximum absolute atomic E-state index is 6.10. The highest BCUT2D eigenvalue weighted by Crippen LogP contribution is 2.32. The van der Waals surface area contributed by atoms with Crippen molar-refractivity contribution in [1.82, 2.24) is 9.88 Å². The molecule has 1 aromatic heterocycles. The Balaban J connectivity index is 2.18. The molecule has 0 spiro atoms. The van der Waals surface area contributed by atoms with Gasteiger partial charge in [0.15, 0.2) is 5.13 Å². The van der Waals surface area contributed by atoms with Crippen LogP contribution in [0.5, 0.6) is 0 Å². The van der Waals surface area contributed by atoms with E-state index in [4.69, 9.17) is 17.3 Å². The lowest BCUT2D eigenvalue weighted by Gasteiger charge is -2.25. The Morgan fingerprint density at radius 1 is 1.69 bits per heavy atom. The van der Waals surface area contributed by atoms with Crippen LogP contribution in [0.1, 0.15) is 12.1 Å². The van der Waals surface area contributed by atoms with Gasteiger partial charge in [0.2, 0.25) is 0 Å². The standard InChI is InChI=1S/C11H14ClN3S/c1-2-5-15-6-3-4-8(7-15)9-10(12)16-11(13)14-9/h2,4H,1,3,5-7H2,(H2,13,14). The number of halogens is 1. The Morgan fingerprint density at radius 3 is 3.12 bits per heavy atom. The van der Waals surface area contributed by atoms with Gasteiger partial charge < -0.3 is 5.73 Å². The molecular weight excluding hydrogens is 242 g/mol. The monoisotopic (exact) mass is 255 g/mol. The van der Waals surface area contributed by atoms with Gasteiger partial charge in [-0.25, -0.2) is 4.98 Å². The van der Waals surface area contributed by atoms with E-state index in [2.05, 4.69) is 22.5 Å². The van der Waals surface area contributed by atoms with Crippen LogP contribution in [0.2, 0.25) is 4.34 Å². The molecule has 1 aliphatic rings. The lowest BCUT2D eigenvalue weighted by Crippen LogP contribution is -2.29. The molecule has 2 rings (SSSR count). The summed E-state index contributed by atoms with van der Waals surface area (Å²) in [5.74, 6) is 0. The van der Waals surface area contributed by atoms with E-state index < -0.39 is 0 Å². The Kier molecular flexibility index (Phi) is 3.63. The zero-order valence-corrected chi connectivity index (χ0v) is 10.5. The average molecular weight is 256 g/mol. The van der Waals surface area contributed by atoms with Crippen molar-refractivity contribution in [2.75, 3.05) is 25.4 Å². The van der Waals surface area contributed by atoms with Gasteiger partial charge in [-0.15, -0.1) is 6.58 Å². The second kappa shape index (κ2) is 4.99. The average Bonchev–Trinajstić information content (AvgIpc) is 2.59. The largest absolute Gasteiger partial charge is 0.375 e. The Morgan fingerprint density at radius 2 is 2.50 bits per heavy atom. The zero-order chi connectivity index (χ0) is 11.5. The molecular formula is C11H14ClN3S. The second-order valence-electron chi connectivity index (χ2n) is 3.72. The van der Waals surface area contributed by atoms with E-state index in [1.165, 1.54) is 16.9 Å². The minimum Gasteiger partial charge on any atom is -0.375 e. The highest BCUT2D eigenvalue weighted by Gasteiger charge is 2.17. The molecule has 2 N–H and O–H groups in total. The van der Waals surface area contributed by atoms with Crippen molar-refractivity contribution in [3.05, 3.63) is 28.8 Å². The van der Waals surface area contributed by atoms with E-state index in [0.717, 1.165) is 31.7 Å².